The van der Waals surface area contributed by atoms with Crippen molar-refractivity contribution in [3.8, 4) is 0 Å². The molecule has 0 aromatic heterocycles. The summed E-state index contributed by atoms with van der Waals surface area (Å²) in [5.41, 5.74) is 1.87. The number of rotatable bonds is 4. The molecule has 1 heterocycles. The molecule has 1 amide bonds. The van der Waals surface area contributed by atoms with Crippen molar-refractivity contribution in [2.75, 3.05) is 11.4 Å². The van der Waals surface area contributed by atoms with Crippen molar-refractivity contribution < 1.29 is 14.7 Å². The number of hydrogen-bond donors (Lipinski definition) is 2. The Bertz CT molecular complexity index is 552. The third-order valence-electron chi connectivity index (χ3n) is 4.41. The summed E-state index contributed by atoms with van der Waals surface area (Å²) < 4.78 is 0. The summed E-state index contributed by atoms with van der Waals surface area (Å²) in [6, 6.07) is 7.22. The van der Waals surface area contributed by atoms with E-state index < -0.39 is 12.0 Å². The van der Waals surface area contributed by atoms with Crippen molar-refractivity contribution in [3.05, 3.63) is 29.8 Å². The predicted octanol–water partition coefficient (Wildman–Crippen LogP) is 1.56. The number of nitrogens with zero attached hydrogens (tertiary/aromatic N) is 1. The maximum absolute atomic E-state index is 12.2. The van der Waals surface area contributed by atoms with Gasteiger partial charge in [-0.25, -0.2) is 4.79 Å². The van der Waals surface area contributed by atoms with E-state index in [2.05, 4.69) is 5.32 Å². The lowest BCUT2D eigenvalue weighted by Gasteiger charge is -2.25. The molecule has 0 bridgehead atoms. The molecule has 112 valence electrons. The molecule has 2 N–H and O–H groups in total. The zero-order chi connectivity index (χ0) is 14.8. The smallest absolute Gasteiger partial charge is 0.326 e. The van der Waals surface area contributed by atoms with E-state index in [1.54, 1.807) is 4.90 Å². The van der Waals surface area contributed by atoms with Crippen LogP contribution in [0.5, 0.6) is 0 Å². The van der Waals surface area contributed by atoms with E-state index in [0.29, 0.717) is 6.42 Å². The largest absolute Gasteiger partial charge is 0.480 e. The number of benzene rings is 1. The molecule has 5 heteroatoms. The van der Waals surface area contributed by atoms with Crippen LogP contribution < -0.4 is 10.2 Å². The molecule has 0 saturated heterocycles. The van der Waals surface area contributed by atoms with Crippen LogP contribution in [-0.2, 0) is 16.0 Å². The lowest BCUT2D eigenvalue weighted by molar-refractivity contribution is -0.138. The van der Waals surface area contributed by atoms with E-state index in [1.165, 1.54) is 0 Å². The molecular weight excluding hydrogens is 268 g/mol. The monoisotopic (exact) mass is 288 g/mol. The second kappa shape index (κ2) is 5.76. The Kier molecular flexibility index (Phi) is 3.82. The number of nitrogens with one attached hydrogen (secondary N) is 1. The fraction of sp³-hybridized carbons (Fsp3) is 0.500. The Morgan fingerprint density at radius 1 is 1.24 bits per heavy atom. The number of fused-ring (bicyclic) bond motifs is 1. The minimum Gasteiger partial charge on any atom is -0.480 e. The van der Waals surface area contributed by atoms with Crippen molar-refractivity contribution in [1.29, 1.82) is 0 Å². The van der Waals surface area contributed by atoms with Crippen LogP contribution in [0.1, 0.15) is 31.2 Å². The van der Waals surface area contributed by atoms with Gasteiger partial charge in [0.25, 0.3) is 0 Å². The molecule has 3 rings (SSSR count). The minimum absolute atomic E-state index is 0.0788. The highest BCUT2D eigenvalue weighted by molar-refractivity contribution is 5.88. The van der Waals surface area contributed by atoms with Gasteiger partial charge in [-0.2, -0.15) is 0 Å². The minimum atomic E-state index is -0.875. The molecule has 1 fully saturated rings. The summed E-state index contributed by atoms with van der Waals surface area (Å²) in [7, 11) is 0. The molecule has 1 saturated carbocycles. The van der Waals surface area contributed by atoms with Gasteiger partial charge in [-0.15, -0.1) is 0 Å². The summed E-state index contributed by atoms with van der Waals surface area (Å²) in [5, 5.41) is 12.4. The quantitative estimate of drug-likeness (QED) is 0.882. The van der Waals surface area contributed by atoms with Crippen LogP contribution in [0.15, 0.2) is 24.3 Å². The van der Waals surface area contributed by atoms with Gasteiger partial charge in [-0.05, 0) is 24.5 Å². The first-order valence-electron chi connectivity index (χ1n) is 7.52. The molecule has 1 aromatic rings. The third-order valence-corrected chi connectivity index (χ3v) is 4.41. The second-order valence-corrected chi connectivity index (χ2v) is 5.86. The number of carbonyl (C=O) groups excluding carboxylic acids is 1. The zero-order valence-corrected chi connectivity index (χ0v) is 11.9. The molecule has 5 nitrogen and oxygen atoms in total. The SMILES string of the molecule is O=C(CN1c2ccccc2CC1C(=O)O)NC1CCCC1. The topological polar surface area (TPSA) is 69.6 Å². The summed E-state index contributed by atoms with van der Waals surface area (Å²) in [6.45, 7) is 0.116. The first-order chi connectivity index (χ1) is 10.1. The van der Waals surface area contributed by atoms with Crippen molar-refractivity contribution in [3.63, 3.8) is 0 Å². The highest BCUT2D eigenvalue weighted by Crippen LogP contribution is 2.31. The Hall–Kier alpha value is -2.04. The molecule has 1 aliphatic carbocycles. The van der Waals surface area contributed by atoms with Crippen LogP contribution in [0.3, 0.4) is 0 Å². The van der Waals surface area contributed by atoms with E-state index >= 15 is 0 Å². The molecule has 2 aliphatic rings. The molecule has 21 heavy (non-hydrogen) atoms. The summed E-state index contributed by atoms with van der Waals surface area (Å²) in [5.74, 6) is -0.954. The Balaban J connectivity index is 1.72. The average Bonchev–Trinajstić information content (AvgIpc) is 3.07. The van der Waals surface area contributed by atoms with Gasteiger partial charge >= 0.3 is 5.97 Å². The fourth-order valence-corrected chi connectivity index (χ4v) is 3.36. The van der Waals surface area contributed by atoms with E-state index in [9.17, 15) is 14.7 Å². The number of carbonyl (C=O) groups is 2. The van der Waals surface area contributed by atoms with E-state index in [0.717, 1.165) is 36.9 Å². The Morgan fingerprint density at radius 3 is 2.67 bits per heavy atom. The average molecular weight is 288 g/mol. The van der Waals surface area contributed by atoms with Crippen LogP contribution >= 0.6 is 0 Å². The Labute approximate surface area is 123 Å². The molecule has 1 aliphatic heterocycles. The number of amides is 1. The van der Waals surface area contributed by atoms with E-state index in [1.807, 2.05) is 24.3 Å². The van der Waals surface area contributed by atoms with Gasteiger partial charge in [0.1, 0.15) is 6.04 Å². The molecule has 0 spiro atoms. The summed E-state index contributed by atoms with van der Waals surface area (Å²) in [6.07, 6.45) is 4.85. The van der Waals surface area contributed by atoms with E-state index in [4.69, 9.17) is 0 Å². The van der Waals surface area contributed by atoms with Crippen LogP contribution in [0.4, 0.5) is 5.69 Å². The molecular formula is C16H20N2O3. The van der Waals surface area contributed by atoms with Gasteiger partial charge in [0.05, 0.1) is 6.54 Å². The summed E-state index contributed by atoms with van der Waals surface area (Å²) in [4.78, 5) is 25.3. The van der Waals surface area contributed by atoms with E-state index in [-0.39, 0.29) is 18.5 Å². The standard InChI is InChI=1S/C16H20N2O3/c19-15(17-12-6-2-3-7-12)10-18-13-8-4-1-5-11(13)9-14(18)16(20)21/h1,4-5,8,12,14H,2-3,6-7,9-10H2,(H,17,19)(H,20,21). The normalized spacial score (nSPS) is 21.3. The lowest BCUT2D eigenvalue weighted by Crippen LogP contribution is -2.46. The van der Waals surface area contributed by atoms with Crippen LogP contribution in [0.2, 0.25) is 0 Å². The van der Waals surface area contributed by atoms with Gasteiger partial charge in [0, 0.05) is 18.2 Å². The van der Waals surface area contributed by atoms with Gasteiger partial charge in [-0.3, -0.25) is 4.79 Å². The zero-order valence-electron chi connectivity index (χ0n) is 11.9. The first-order valence-corrected chi connectivity index (χ1v) is 7.52. The number of carboxylic acid groups (broad SMARTS) is 1. The third kappa shape index (κ3) is 2.86. The molecule has 1 aromatic carbocycles. The molecule has 1 unspecified atom stereocenters. The number of aliphatic carboxylic acids is 1. The molecule has 0 radical (unpaired) electrons. The van der Waals surface area contributed by atoms with Crippen molar-refractivity contribution in [2.24, 2.45) is 0 Å². The van der Waals surface area contributed by atoms with Gasteiger partial charge < -0.3 is 15.3 Å². The lowest BCUT2D eigenvalue weighted by atomic mass is 10.1. The molecule has 1 atom stereocenters. The maximum Gasteiger partial charge on any atom is 0.326 e. The van der Waals surface area contributed by atoms with Crippen molar-refractivity contribution in [2.45, 2.75) is 44.2 Å². The predicted molar refractivity (Wildman–Crippen MR) is 79.3 cm³/mol. The maximum atomic E-state index is 12.2. The highest BCUT2D eigenvalue weighted by Gasteiger charge is 2.35. The Morgan fingerprint density at radius 2 is 1.95 bits per heavy atom. The number of anilines is 1. The summed E-state index contributed by atoms with van der Waals surface area (Å²) >= 11 is 0. The van der Waals surface area contributed by atoms with Crippen molar-refractivity contribution in [1.82, 2.24) is 5.32 Å². The van der Waals surface area contributed by atoms with Crippen molar-refractivity contribution >= 4 is 17.6 Å². The van der Waals surface area contributed by atoms with Gasteiger partial charge in [0.2, 0.25) is 5.91 Å². The second-order valence-electron chi connectivity index (χ2n) is 5.86. The van der Waals surface area contributed by atoms with Crippen LogP contribution in [-0.4, -0.2) is 35.6 Å². The number of carboxylic acids is 1. The van der Waals surface area contributed by atoms with Crippen LogP contribution in [0, 0.1) is 0 Å². The number of hydrogen-bond acceptors (Lipinski definition) is 3. The van der Waals surface area contributed by atoms with Gasteiger partial charge in [0.15, 0.2) is 0 Å². The fourth-order valence-electron chi connectivity index (χ4n) is 3.36. The van der Waals surface area contributed by atoms with Crippen LogP contribution in [0.25, 0.3) is 0 Å². The highest BCUT2D eigenvalue weighted by atomic mass is 16.4. The number of para-hydroxylation sites is 1. The first kappa shape index (κ1) is 13.9. The van der Waals surface area contributed by atoms with Gasteiger partial charge in [-0.1, -0.05) is 31.0 Å².